The first-order chi connectivity index (χ1) is 14.3. The second-order valence-corrected chi connectivity index (χ2v) is 7.14. The predicted molar refractivity (Wildman–Crippen MR) is 106 cm³/mol. The van der Waals surface area contributed by atoms with Crippen LogP contribution in [0.3, 0.4) is 0 Å². The van der Waals surface area contributed by atoms with E-state index in [0.29, 0.717) is 26.2 Å². The SMILES string of the molecule is Cc1cnc(-c2ccc(N3CCN(C(=O)c4ccccc4C(F)(F)F)CC3)nc2)[nH]1. The fraction of sp³-hybridized carbons (Fsp3) is 0.286. The third-order valence-electron chi connectivity index (χ3n) is 5.08. The maximum atomic E-state index is 13.2. The predicted octanol–water partition coefficient (Wildman–Crippen LogP) is 3.76. The van der Waals surface area contributed by atoms with Crippen molar-refractivity contribution in [2.24, 2.45) is 0 Å². The monoisotopic (exact) mass is 415 g/mol. The van der Waals surface area contributed by atoms with Crippen molar-refractivity contribution < 1.29 is 18.0 Å². The van der Waals surface area contributed by atoms with Crippen molar-refractivity contribution in [3.05, 3.63) is 65.6 Å². The Labute approximate surface area is 171 Å². The van der Waals surface area contributed by atoms with Crippen molar-refractivity contribution in [2.45, 2.75) is 13.1 Å². The van der Waals surface area contributed by atoms with Crippen LogP contribution in [-0.4, -0.2) is 51.9 Å². The molecule has 1 amide bonds. The van der Waals surface area contributed by atoms with Crippen LogP contribution in [0.5, 0.6) is 0 Å². The molecule has 4 rings (SSSR count). The summed E-state index contributed by atoms with van der Waals surface area (Å²) in [5.41, 5.74) is 0.615. The number of aromatic amines is 1. The summed E-state index contributed by atoms with van der Waals surface area (Å²) in [4.78, 5) is 28.1. The first kappa shape index (κ1) is 19.9. The number of anilines is 1. The number of pyridine rings is 1. The lowest BCUT2D eigenvalue weighted by atomic mass is 10.1. The molecule has 0 radical (unpaired) electrons. The van der Waals surface area contributed by atoms with Gasteiger partial charge in [0.1, 0.15) is 11.6 Å². The van der Waals surface area contributed by atoms with Crippen LogP contribution >= 0.6 is 0 Å². The molecule has 1 aromatic carbocycles. The number of carbonyl (C=O) groups is 1. The third kappa shape index (κ3) is 4.00. The van der Waals surface area contributed by atoms with E-state index in [2.05, 4.69) is 15.0 Å². The average Bonchev–Trinajstić information content (AvgIpc) is 3.19. The molecule has 1 aliphatic heterocycles. The second kappa shape index (κ2) is 7.81. The molecule has 0 spiro atoms. The van der Waals surface area contributed by atoms with Crippen LogP contribution in [0.4, 0.5) is 19.0 Å². The van der Waals surface area contributed by atoms with Crippen molar-refractivity contribution >= 4 is 11.7 Å². The summed E-state index contributed by atoms with van der Waals surface area (Å²) in [6.45, 7) is 3.56. The molecule has 6 nitrogen and oxygen atoms in total. The zero-order valence-corrected chi connectivity index (χ0v) is 16.3. The Morgan fingerprint density at radius 1 is 1.00 bits per heavy atom. The molecule has 0 aliphatic carbocycles. The number of piperazine rings is 1. The fourth-order valence-electron chi connectivity index (χ4n) is 3.50. The van der Waals surface area contributed by atoms with Crippen molar-refractivity contribution in [1.82, 2.24) is 19.9 Å². The van der Waals surface area contributed by atoms with Crippen molar-refractivity contribution in [3.8, 4) is 11.4 Å². The Hall–Kier alpha value is -3.36. The van der Waals surface area contributed by atoms with Gasteiger partial charge in [0.2, 0.25) is 0 Å². The molecule has 30 heavy (non-hydrogen) atoms. The molecule has 1 fully saturated rings. The largest absolute Gasteiger partial charge is 0.417 e. The Bertz CT molecular complexity index is 1040. The van der Waals surface area contributed by atoms with Gasteiger partial charge in [0.15, 0.2) is 0 Å². The smallest absolute Gasteiger partial charge is 0.353 e. The van der Waals surface area contributed by atoms with Gasteiger partial charge in [-0.3, -0.25) is 4.79 Å². The van der Waals surface area contributed by atoms with E-state index < -0.39 is 17.6 Å². The molecule has 1 saturated heterocycles. The lowest BCUT2D eigenvalue weighted by molar-refractivity contribution is -0.138. The lowest BCUT2D eigenvalue weighted by Crippen LogP contribution is -2.49. The number of H-pyrrole nitrogens is 1. The van der Waals surface area contributed by atoms with E-state index in [1.165, 1.54) is 23.1 Å². The molecular formula is C21H20F3N5O. The number of aromatic nitrogens is 3. The number of nitrogens with zero attached hydrogens (tertiary/aromatic N) is 4. The van der Waals surface area contributed by atoms with E-state index in [4.69, 9.17) is 0 Å². The molecule has 156 valence electrons. The van der Waals surface area contributed by atoms with Crippen LogP contribution in [0, 0.1) is 6.92 Å². The van der Waals surface area contributed by atoms with Crippen LogP contribution in [-0.2, 0) is 6.18 Å². The Morgan fingerprint density at radius 3 is 2.33 bits per heavy atom. The maximum absolute atomic E-state index is 13.2. The summed E-state index contributed by atoms with van der Waals surface area (Å²) in [5, 5.41) is 0. The quantitative estimate of drug-likeness (QED) is 0.708. The van der Waals surface area contributed by atoms with Gasteiger partial charge in [-0.25, -0.2) is 9.97 Å². The van der Waals surface area contributed by atoms with Gasteiger partial charge in [-0.05, 0) is 31.2 Å². The first-order valence-electron chi connectivity index (χ1n) is 9.51. The number of carbonyl (C=O) groups excluding carboxylic acids is 1. The second-order valence-electron chi connectivity index (χ2n) is 7.14. The highest BCUT2D eigenvalue weighted by Crippen LogP contribution is 2.32. The maximum Gasteiger partial charge on any atom is 0.417 e. The number of halogens is 3. The summed E-state index contributed by atoms with van der Waals surface area (Å²) >= 11 is 0. The van der Waals surface area contributed by atoms with E-state index >= 15 is 0 Å². The van der Waals surface area contributed by atoms with Crippen molar-refractivity contribution in [3.63, 3.8) is 0 Å². The van der Waals surface area contributed by atoms with Gasteiger partial charge in [0.25, 0.3) is 5.91 Å². The number of amides is 1. The van der Waals surface area contributed by atoms with E-state index in [1.54, 1.807) is 12.4 Å². The van der Waals surface area contributed by atoms with Crippen molar-refractivity contribution in [1.29, 1.82) is 0 Å². The standard InChI is InChI=1S/C21H20F3N5O/c1-14-12-26-19(27-14)15-6-7-18(25-13-15)28-8-10-29(11-9-28)20(30)16-4-2-3-5-17(16)21(22,23)24/h2-7,12-13H,8-11H2,1H3,(H,26,27). The van der Waals surface area contributed by atoms with E-state index in [1.807, 2.05) is 24.0 Å². The van der Waals surface area contributed by atoms with Crippen LogP contribution in [0.25, 0.3) is 11.4 Å². The number of hydrogen-bond acceptors (Lipinski definition) is 4. The van der Waals surface area contributed by atoms with Gasteiger partial charge in [0.05, 0.1) is 11.1 Å². The minimum absolute atomic E-state index is 0.310. The number of alkyl halides is 3. The molecule has 2 aromatic heterocycles. The number of hydrogen-bond donors (Lipinski definition) is 1. The Morgan fingerprint density at radius 2 is 1.73 bits per heavy atom. The number of rotatable bonds is 3. The highest BCUT2D eigenvalue weighted by molar-refractivity contribution is 5.96. The van der Waals surface area contributed by atoms with Crippen LogP contribution in [0.2, 0.25) is 0 Å². The molecule has 0 atom stereocenters. The van der Waals surface area contributed by atoms with Gasteiger partial charge < -0.3 is 14.8 Å². The Balaban J connectivity index is 1.42. The lowest BCUT2D eigenvalue weighted by Gasteiger charge is -2.35. The summed E-state index contributed by atoms with van der Waals surface area (Å²) in [6.07, 6.45) is -1.09. The summed E-state index contributed by atoms with van der Waals surface area (Å²) in [6, 6.07) is 8.70. The summed E-state index contributed by atoms with van der Waals surface area (Å²) in [5.74, 6) is 0.897. The number of aryl methyl sites for hydroxylation is 1. The van der Waals surface area contributed by atoms with Crippen LogP contribution in [0.15, 0.2) is 48.8 Å². The highest BCUT2D eigenvalue weighted by atomic mass is 19.4. The molecular weight excluding hydrogens is 395 g/mol. The van der Waals surface area contributed by atoms with E-state index in [-0.39, 0.29) is 5.56 Å². The number of benzene rings is 1. The van der Waals surface area contributed by atoms with Crippen molar-refractivity contribution in [2.75, 3.05) is 31.1 Å². The van der Waals surface area contributed by atoms with Gasteiger partial charge in [0, 0.05) is 49.8 Å². The molecule has 0 saturated carbocycles. The molecule has 0 unspecified atom stereocenters. The zero-order valence-electron chi connectivity index (χ0n) is 16.3. The first-order valence-corrected chi connectivity index (χ1v) is 9.51. The number of imidazole rings is 1. The summed E-state index contributed by atoms with van der Waals surface area (Å²) < 4.78 is 39.7. The van der Waals surface area contributed by atoms with E-state index in [9.17, 15) is 18.0 Å². The van der Waals surface area contributed by atoms with Crippen LogP contribution in [0.1, 0.15) is 21.6 Å². The molecule has 1 aliphatic rings. The van der Waals surface area contributed by atoms with Gasteiger partial charge in [-0.1, -0.05) is 12.1 Å². The topological polar surface area (TPSA) is 65.1 Å². The van der Waals surface area contributed by atoms with Gasteiger partial charge in [-0.2, -0.15) is 13.2 Å². The fourth-order valence-corrected chi connectivity index (χ4v) is 3.50. The normalized spacial score (nSPS) is 14.8. The zero-order chi connectivity index (χ0) is 21.3. The highest BCUT2D eigenvalue weighted by Gasteiger charge is 2.36. The molecule has 9 heteroatoms. The minimum atomic E-state index is -4.56. The molecule has 3 heterocycles. The Kier molecular flexibility index (Phi) is 5.19. The van der Waals surface area contributed by atoms with Crippen LogP contribution < -0.4 is 4.90 Å². The minimum Gasteiger partial charge on any atom is -0.353 e. The molecule has 3 aromatic rings. The van der Waals surface area contributed by atoms with Gasteiger partial charge in [-0.15, -0.1) is 0 Å². The van der Waals surface area contributed by atoms with Gasteiger partial charge >= 0.3 is 6.18 Å². The molecule has 0 bridgehead atoms. The number of nitrogens with one attached hydrogen (secondary N) is 1. The summed E-state index contributed by atoms with van der Waals surface area (Å²) in [7, 11) is 0. The molecule has 1 N–H and O–H groups in total. The third-order valence-corrected chi connectivity index (χ3v) is 5.08. The van der Waals surface area contributed by atoms with E-state index in [0.717, 1.165) is 29.0 Å². The average molecular weight is 415 g/mol.